The first-order valence-electron chi connectivity index (χ1n) is 7.56. The van der Waals surface area contributed by atoms with Crippen molar-refractivity contribution < 1.29 is 9.13 Å². The third kappa shape index (κ3) is 5.00. The van der Waals surface area contributed by atoms with Crippen LogP contribution in [0.25, 0.3) is 5.57 Å². The number of halogens is 2. The largest absolute Gasteiger partial charge is 0.493 e. The highest BCUT2D eigenvalue weighted by Gasteiger charge is 2.02. The Labute approximate surface area is 146 Å². The van der Waals surface area contributed by atoms with Gasteiger partial charge in [0.05, 0.1) is 18.9 Å². The molecule has 24 heavy (non-hydrogen) atoms. The van der Waals surface area contributed by atoms with Crippen LogP contribution in [0.2, 0.25) is 5.02 Å². The molecule has 0 spiro atoms. The summed E-state index contributed by atoms with van der Waals surface area (Å²) in [6, 6.07) is 14.9. The van der Waals surface area contributed by atoms with Crippen molar-refractivity contribution in [1.82, 2.24) is 0 Å². The number of hydrogen-bond acceptors (Lipinski definition) is 3. The third-order valence-electron chi connectivity index (χ3n) is 3.39. The van der Waals surface area contributed by atoms with Crippen molar-refractivity contribution in [2.24, 2.45) is 0 Å². The number of nitrogens with one attached hydrogen (secondary N) is 1. The Kier molecular flexibility index (Phi) is 6.65. The monoisotopic (exact) mass is 344 g/mol. The van der Waals surface area contributed by atoms with Gasteiger partial charge in [-0.3, -0.25) is 4.39 Å². The van der Waals surface area contributed by atoms with Gasteiger partial charge in [0, 0.05) is 23.3 Å². The van der Waals surface area contributed by atoms with Crippen LogP contribution in [0.4, 0.5) is 10.1 Å². The van der Waals surface area contributed by atoms with Crippen molar-refractivity contribution in [3.63, 3.8) is 0 Å². The molecule has 0 aliphatic rings. The number of nitrogens with zero attached hydrogens (tertiary/aromatic N) is 1. The smallest absolute Gasteiger partial charge is 0.119 e. The Morgan fingerprint density at radius 1 is 1.29 bits per heavy atom. The third-order valence-corrected chi connectivity index (χ3v) is 3.79. The van der Waals surface area contributed by atoms with E-state index < -0.39 is 6.67 Å². The molecule has 0 aromatic heterocycles. The van der Waals surface area contributed by atoms with Gasteiger partial charge in [0.1, 0.15) is 11.8 Å². The summed E-state index contributed by atoms with van der Waals surface area (Å²) in [5, 5.41) is 13.1. The summed E-state index contributed by atoms with van der Waals surface area (Å²) < 4.78 is 17.4. The van der Waals surface area contributed by atoms with E-state index in [0.29, 0.717) is 29.4 Å². The SMILES string of the molecule is Cc1ccc(NC=C(C#N)c2ccc(OCCCF)cc2)cc1Cl. The zero-order valence-electron chi connectivity index (χ0n) is 13.4. The Hall–Kier alpha value is -2.51. The summed E-state index contributed by atoms with van der Waals surface area (Å²) >= 11 is 6.09. The molecule has 2 rings (SSSR count). The van der Waals surface area contributed by atoms with Crippen LogP contribution in [0.15, 0.2) is 48.7 Å². The lowest BCUT2D eigenvalue weighted by atomic mass is 10.1. The van der Waals surface area contributed by atoms with Gasteiger partial charge >= 0.3 is 0 Å². The van der Waals surface area contributed by atoms with Gasteiger partial charge in [-0.2, -0.15) is 5.26 Å². The fraction of sp³-hybridized carbons (Fsp3) is 0.211. The molecule has 0 fully saturated rings. The number of nitriles is 1. The number of rotatable bonds is 7. The lowest BCUT2D eigenvalue weighted by Crippen LogP contribution is -1.98. The van der Waals surface area contributed by atoms with Gasteiger partial charge in [0.15, 0.2) is 0 Å². The molecule has 0 aliphatic carbocycles. The van der Waals surface area contributed by atoms with Gasteiger partial charge in [-0.1, -0.05) is 17.7 Å². The Bertz CT molecular complexity index is 751. The zero-order chi connectivity index (χ0) is 17.4. The van der Waals surface area contributed by atoms with Crippen molar-refractivity contribution in [2.75, 3.05) is 18.6 Å². The molecule has 0 saturated carbocycles. The Morgan fingerprint density at radius 2 is 2.04 bits per heavy atom. The maximum atomic E-state index is 12.0. The maximum Gasteiger partial charge on any atom is 0.119 e. The highest BCUT2D eigenvalue weighted by Crippen LogP contribution is 2.22. The van der Waals surface area contributed by atoms with Crippen LogP contribution in [0.1, 0.15) is 17.5 Å². The standard InChI is InChI=1S/C19H18ClFN2O/c1-14-3-6-17(11-19(14)20)23-13-16(12-22)15-4-7-18(8-5-15)24-10-2-9-21/h3-8,11,13,23H,2,9-10H2,1H3. The van der Waals surface area contributed by atoms with Crippen LogP contribution in [0, 0.1) is 18.3 Å². The van der Waals surface area contributed by atoms with E-state index in [1.165, 1.54) is 0 Å². The minimum atomic E-state index is -0.395. The first kappa shape index (κ1) is 17.8. The van der Waals surface area contributed by atoms with Crippen molar-refractivity contribution in [1.29, 1.82) is 5.26 Å². The van der Waals surface area contributed by atoms with Crippen molar-refractivity contribution >= 4 is 22.9 Å². The molecule has 0 heterocycles. The number of aryl methyl sites for hydroxylation is 1. The molecule has 124 valence electrons. The molecule has 5 heteroatoms. The molecular weight excluding hydrogens is 327 g/mol. The van der Waals surface area contributed by atoms with Crippen molar-refractivity contribution in [3.05, 3.63) is 64.8 Å². The van der Waals surface area contributed by atoms with Gasteiger partial charge in [-0.15, -0.1) is 0 Å². The molecule has 2 aromatic rings. The maximum absolute atomic E-state index is 12.0. The van der Waals surface area contributed by atoms with Crippen molar-refractivity contribution in [2.45, 2.75) is 13.3 Å². The van der Waals surface area contributed by atoms with Crippen LogP contribution in [-0.4, -0.2) is 13.3 Å². The molecule has 0 amide bonds. The molecule has 2 aromatic carbocycles. The minimum Gasteiger partial charge on any atom is -0.493 e. The van der Waals surface area contributed by atoms with Gasteiger partial charge in [-0.05, 0) is 54.4 Å². The van der Waals surface area contributed by atoms with Gasteiger partial charge < -0.3 is 10.1 Å². The molecule has 3 nitrogen and oxygen atoms in total. The molecule has 0 radical (unpaired) electrons. The topological polar surface area (TPSA) is 45.0 Å². The number of benzene rings is 2. The average molecular weight is 345 g/mol. The van der Waals surface area contributed by atoms with E-state index in [9.17, 15) is 9.65 Å². The van der Waals surface area contributed by atoms with E-state index in [1.807, 2.05) is 25.1 Å². The highest BCUT2D eigenvalue weighted by molar-refractivity contribution is 6.31. The quantitative estimate of drug-likeness (QED) is 0.543. The minimum absolute atomic E-state index is 0.340. The summed E-state index contributed by atoms with van der Waals surface area (Å²) in [6.07, 6.45) is 2.01. The normalized spacial score (nSPS) is 11.0. The molecule has 0 atom stereocenters. The second kappa shape index (κ2) is 8.95. The van der Waals surface area contributed by atoms with Crippen LogP contribution >= 0.6 is 11.6 Å². The van der Waals surface area contributed by atoms with E-state index in [1.54, 1.807) is 30.5 Å². The summed E-state index contributed by atoms with van der Waals surface area (Å²) in [5.74, 6) is 0.655. The Balaban J connectivity index is 2.07. The Morgan fingerprint density at radius 3 is 2.67 bits per heavy atom. The second-order valence-corrected chi connectivity index (χ2v) is 5.60. The number of alkyl halides is 1. The fourth-order valence-corrected chi connectivity index (χ4v) is 2.17. The summed E-state index contributed by atoms with van der Waals surface area (Å²) in [7, 11) is 0. The average Bonchev–Trinajstić information content (AvgIpc) is 2.60. The molecule has 0 bridgehead atoms. The molecule has 1 N–H and O–H groups in total. The first-order chi connectivity index (χ1) is 11.6. The van der Waals surface area contributed by atoms with E-state index in [2.05, 4.69) is 11.4 Å². The lowest BCUT2D eigenvalue weighted by Gasteiger charge is -2.07. The number of allylic oxidation sites excluding steroid dienone is 1. The van der Waals surface area contributed by atoms with E-state index in [4.69, 9.17) is 16.3 Å². The van der Waals surface area contributed by atoms with Gasteiger partial charge in [0.25, 0.3) is 0 Å². The van der Waals surface area contributed by atoms with Gasteiger partial charge in [-0.25, -0.2) is 0 Å². The highest BCUT2D eigenvalue weighted by atomic mass is 35.5. The van der Waals surface area contributed by atoms with E-state index >= 15 is 0 Å². The summed E-state index contributed by atoms with van der Waals surface area (Å²) in [4.78, 5) is 0. The van der Waals surface area contributed by atoms with Crippen LogP contribution in [-0.2, 0) is 0 Å². The molecule has 0 aliphatic heterocycles. The fourth-order valence-electron chi connectivity index (χ4n) is 1.99. The number of hydrogen-bond donors (Lipinski definition) is 1. The van der Waals surface area contributed by atoms with E-state index in [-0.39, 0.29) is 0 Å². The molecule has 0 unspecified atom stereocenters. The van der Waals surface area contributed by atoms with Crippen LogP contribution in [0.5, 0.6) is 5.75 Å². The lowest BCUT2D eigenvalue weighted by molar-refractivity contribution is 0.289. The molecule has 0 saturated heterocycles. The number of anilines is 1. The summed E-state index contributed by atoms with van der Waals surface area (Å²) in [6.45, 7) is 1.88. The van der Waals surface area contributed by atoms with Gasteiger partial charge in [0.2, 0.25) is 0 Å². The van der Waals surface area contributed by atoms with E-state index in [0.717, 1.165) is 16.8 Å². The summed E-state index contributed by atoms with van der Waals surface area (Å²) in [5.41, 5.74) is 3.06. The first-order valence-corrected chi connectivity index (χ1v) is 7.94. The predicted octanol–water partition coefficient (Wildman–Crippen LogP) is 5.36. The van der Waals surface area contributed by atoms with Crippen LogP contribution in [0.3, 0.4) is 0 Å². The zero-order valence-corrected chi connectivity index (χ0v) is 14.1. The van der Waals surface area contributed by atoms with Crippen LogP contribution < -0.4 is 10.1 Å². The number of ether oxygens (including phenoxy) is 1. The predicted molar refractivity (Wildman–Crippen MR) is 95.9 cm³/mol. The second-order valence-electron chi connectivity index (χ2n) is 5.19. The van der Waals surface area contributed by atoms with Crippen molar-refractivity contribution in [3.8, 4) is 11.8 Å². The molecular formula is C19H18ClFN2O.